The van der Waals surface area contributed by atoms with Gasteiger partial charge in [-0.05, 0) is 19.3 Å². The summed E-state index contributed by atoms with van der Waals surface area (Å²) in [6.45, 7) is 0.890. The molecule has 0 bridgehead atoms. The second kappa shape index (κ2) is 5.23. The first kappa shape index (κ1) is 10.6. The van der Waals surface area contributed by atoms with Crippen molar-refractivity contribution in [3.63, 3.8) is 0 Å². The van der Waals surface area contributed by atoms with Gasteiger partial charge in [0.1, 0.15) is 0 Å². The Hall–Kier alpha value is -0.940. The Kier molecular flexibility index (Phi) is 3.69. The Bertz CT molecular complexity index is 295. The number of hydrogen-bond donors (Lipinski definition) is 1. The van der Waals surface area contributed by atoms with Gasteiger partial charge in [-0.25, -0.2) is 0 Å². The van der Waals surface area contributed by atoms with Gasteiger partial charge < -0.3 is 14.4 Å². The highest BCUT2D eigenvalue weighted by atomic mass is 16.5. The Morgan fingerprint density at radius 2 is 2.33 bits per heavy atom. The molecule has 1 atom stereocenters. The lowest BCUT2D eigenvalue weighted by Gasteiger charge is -2.20. The van der Waals surface area contributed by atoms with Crippen molar-refractivity contribution in [3.05, 3.63) is 11.7 Å². The van der Waals surface area contributed by atoms with Crippen molar-refractivity contribution in [2.75, 3.05) is 13.2 Å². The number of aromatic nitrogens is 2. The maximum Gasteiger partial charge on any atom is 0.229 e. The first-order valence-electron chi connectivity index (χ1n) is 5.42. The van der Waals surface area contributed by atoms with E-state index in [0.717, 1.165) is 19.4 Å². The third-order valence-corrected chi connectivity index (χ3v) is 2.52. The van der Waals surface area contributed by atoms with Crippen molar-refractivity contribution in [2.45, 2.75) is 38.2 Å². The van der Waals surface area contributed by atoms with Crippen LogP contribution in [0.15, 0.2) is 4.52 Å². The Labute approximate surface area is 88.4 Å². The molecular weight excluding hydrogens is 196 g/mol. The Balaban J connectivity index is 1.86. The molecular formula is C10H16N2O3. The second-order valence-corrected chi connectivity index (χ2v) is 3.77. The summed E-state index contributed by atoms with van der Waals surface area (Å²) >= 11 is 0. The number of aliphatic hydroxyl groups excluding tert-OH is 1. The van der Waals surface area contributed by atoms with Crippen molar-refractivity contribution < 1.29 is 14.4 Å². The van der Waals surface area contributed by atoms with Crippen LogP contribution in [0.1, 0.15) is 31.0 Å². The van der Waals surface area contributed by atoms with E-state index in [-0.39, 0.29) is 12.7 Å². The van der Waals surface area contributed by atoms with Gasteiger partial charge in [-0.2, -0.15) is 4.98 Å². The zero-order valence-corrected chi connectivity index (χ0v) is 8.69. The van der Waals surface area contributed by atoms with E-state index in [9.17, 15) is 0 Å². The molecule has 1 N–H and O–H groups in total. The highest BCUT2D eigenvalue weighted by Gasteiger charge is 2.17. The molecule has 0 aromatic carbocycles. The average molecular weight is 212 g/mol. The molecule has 1 aromatic heterocycles. The smallest absolute Gasteiger partial charge is 0.229 e. The summed E-state index contributed by atoms with van der Waals surface area (Å²) in [5.41, 5.74) is 0. The zero-order valence-electron chi connectivity index (χ0n) is 8.69. The minimum atomic E-state index is 0.0545. The van der Waals surface area contributed by atoms with Gasteiger partial charge in [0, 0.05) is 13.0 Å². The maximum atomic E-state index is 8.70. The third kappa shape index (κ3) is 3.00. The fourth-order valence-electron chi connectivity index (χ4n) is 1.74. The molecule has 1 fully saturated rings. The topological polar surface area (TPSA) is 68.4 Å². The van der Waals surface area contributed by atoms with E-state index in [1.165, 1.54) is 6.42 Å². The molecule has 1 unspecified atom stereocenters. The van der Waals surface area contributed by atoms with Crippen molar-refractivity contribution in [1.82, 2.24) is 10.1 Å². The van der Waals surface area contributed by atoms with E-state index in [1.54, 1.807) is 0 Å². The summed E-state index contributed by atoms with van der Waals surface area (Å²) < 4.78 is 10.6. The molecule has 84 valence electrons. The van der Waals surface area contributed by atoms with E-state index >= 15 is 0 Å². The van der Waals surface area contributed by atoms with E-state index in [0.29, 0.717) is 24.6 Å². The molecule has 1 aliphatic rings. The largest absolute Gasteiger partial charge is 0.396 e. The standard InChI is InChI=1S/C10H16N2O3/c13-5-4-9-11-10(15-12-9)7-8-3-1-2-6-14-8/h8,13H,1-7H2. The minimum absolute atomic E-state index is 0.0545. The van der Waals surface area contributed by atoms with Gasteiger partial charge in [0.25, 0.3) is 0 Å². The van der Waals surface area contributed by atoms with Gasteiger partial charge in [-0.3, -0.25) is 0 Å². The lowest BCUT2D eigenvalue weighted by Crippen LogP contribution is -2.21. The number of aliphatic hydroxyl groups is 1. The van der Waals surface area contributed by atoms with Gasteiger partial charge in [0.2, 0.25) is 5.89 Å². The fourth-order valence-corrected chi connectivity index (χ4v) is 1.74. The molecule has 2 heterocycles. The van der Waals surface area contributed by atoms with Gasteiger partial charge in [0.05, 0.1) is 19.1 Å². The zero-order chi connectivity index (χ0) is 10.5. The van der Waals surface area contributed by atoms with Crippen LogP contribution in [0.25, 0.3) is 0 Å². The van der Waals surface area contributed by atoms with Gasteiger partial charge in [-0.15, -0.1) is 0 Å². The lowest BCUT2D eigenvalue weighted by atomic mass is 10.1. The van der Waals surface area contributed by atoms with Gasteiger partial charge in [0.15, 0.2) is 5.82 Å². The van der Waals surface area contributed by atoms with Crippen LogP contribution in [-0.2, 0) is 17.6 Å². The maximum absolute atomic E-state index is 8.70. The molecule has 0 radical (unpaired) electrons. The Morgan fingerprint density at radius 3 is 3.07 bits per heavy atom. The average Bonchev–Trinajstić information content (AvgIpc) is 2.68. The molecule has 0 amide bonds. The molecule has 0 aliphatic carbocycles. The molecule has 0 spiro atoms. The molecule has 5 heteroatoms. The monoisotopic (exact) mass is 212 g/mol. The Morgan fingerprint density at radius 1 is 1.40 bits per heavy atom. The van der Waals surface area contributed by atoms with Crippen LogP contribution in [0, 0.1) is 0 Å². The van der Waals surface area contributed by atoms with Crippen LogP contribution in [0.2, 0.25) is 0 Å². The van der Waals surface area contributed by atoms with Crippen LogP contribution in [0.5, 0.6) is 0 Å². The van der Waals surface area contributed by atoms with Crippen LogP contribution in [0.4, 0.5) is 0 Å². The lowest BCUT2D eigenvalue weighted by molar-refractivity contribution is 0.0124. The van der Waals surface area contributed by atoms with Gasteiger partial charge >= 0.3 is 0 Å². The van der Waals surface area contributed by atoms with Crippen LogP contribution >= 0.6 is 0 Å². The highest BCUT2D eigenvalue weighted by Crippen LogP contribution is 2.16. The van der Waals surface area contributed by atoms with E-state index < -0.39 is 0 Å². The highest BCUT2D eigenvalue weighted by molar-refractivity contribution is 4.88. The molecule has 1 saturated heterocycles. The predicted octanol–water partition coefficient (Wildman–Crippen LogP) is 0.716. The number of rotatable bonds is 4. The number of ether oxygens (including phenoxy) is 1. The van der Waals surface area contributed by atoms with Crippen molar-refractivity contribution in [3.8, 4) is 0 Å². The quantitative estimate of drug-likeness (QED) is 0.796. The SMILES string of the molecule is OCCc1noc(CC2CCCCO2)n1. The molecule has 1 aromatic rings. The van der Waals surface area contributed by atoms with Crippen LogP contribution < -0.4 is 0 Å². The van der Waals surface area contributed by atoms with E-state index in [4.69, 9.17) is 14.4 Å². The number of hydrogen-bond acceptors (Lipinski definition) is 5. The number of nitrogens with zero attached hydrogens (tertiary/aromatic N) is 2. The summed E-state index contributed by atoms with van der Waals surface area (Å²) in [7, 11) is 0. The van der Waals surface area contributed by atoms with Crippen molar-refractivity contribution >= 4 is 0 Å². The third-order valence-electron chi connectivity index (χ3n) is 2.52. The van der Waals surface area contributed by atoms with E-state index in [1.807, 2.05) is 0 Å². The summed E-state index contributed by atoms with van der Waals surface area (Å²) in [4.78, 5) is 4.18. The first-order valence-corrected chi connectivity index (χ1v) is 5.42. The normalized spacial score (nSPS) is 21.8. The second-order valence-electron chi connectivity index (χ2n) is 3.77. The summed E-state index contributed by atoms with van der Waals surface area (Å²) in [6, 6.07) is 0. The molecule has 15 heavy (non-hydrogen) atoms. The molecule has 5 nitrogen and oxygen atoms in total. The van der Waals surface area contributed by atoms with Crippen molar-refractivity contribution in [2.24, 2.45) is 0 Å². The summed E-state index contributed by atoms with van der Waals surface area (Å²) in [5.74, 6) is 1.19. The molecule has 0 saturated carbocycles. The fraction of sp³-hybridized carbons (Fsp3) is 0.800. The van der Waals surface area contributed by atoms with Gasteiger partial charge in [-0.1, -0.05) is 5.16 Å². The first-order chi connectivity index (χ1) is 7.38. The summed E-state index contributed by atoms with van der Waals surface area (Å²) in [5, 5.41) is 12.5. The van der Waals surface area contributed by atoms with Crippen molar-refractivity contribution in [1.29, 1.82) is 0 Å². The molecule has 2 rings (SSSR count). The van der Waals surface area contributed by atoms with E-state index in [2.05, 4.69) is 10.1 Å². The van der Waals surface area contributed by atoms with Crippen LogP contribution in [0.3, 0.4) is 0 Å². The summed E-state index contributed by atoms with van der Waals surface area (Å²) in [6.07, 6.45) is 4.80. The minimum Gasteiger partial charge on any atom is -0.396 e. The van der Waals surface area contributed by atoms with Crippen LogP contribution in [-0.4, -0.2) is 34.6 Å². The predicted molar refractivity (Wildman–Crippen MR) is 52.4 cm³/mol. The molecule has 1 aliphatic heterocycles.